The maximum absolute atomic E-state index is 12.4. The van der Waals surface area contributed by atoms with Crippen LogP contribution in [0.15, 0.2) is 18.3 Å². The maximum Gasteiger partial charge on any atom is 0.270 e. The van der Waals surface area contributed by atoms with Gasteiger partial charge in [0, 0.05) is 19.8 Å². The molecule has 1 heterocycles. The van der Waals surface area contributed by atoms with Crippen molar-refractivity contribution in [3.63, 3.8) is 0 Å². The number of carbonyl (C=O) groups is 1. The minimum atomic E-state index is -2.48. The first-order chi connectivity index (χ1) is 8.97. The lowest BCUT2D eigenvalue weighted by Crippen LogP contribution is -2.40. The van der Waals surface area contributed by atoms with Gasteiger partial charge in [-0.25, -0.2) is 8.78 Å². The third-order valence-corrected chi connectivity index (χ3v) is 3.47. The van der Waals surface area contributed by atoms with Crippen molar-refractivity contribution >= 4 is 5.91 Å². The van der Waals surface area contributed by atoms with Crippen molar-refractivity contribution in [2.75, 3.05) is 13.6 Å². The topological polar surface area (TPSA) is 45.5 Å². The van der Waals surface area contributed by atoms with Gasteiger partial charge in [-0.05, 0) is 30.9 Å². The zero-order chi connectivity index (χ0) is 14.0. The van der Waals surface area contributed by atoms with Crippen molar-refractivity contribution < 1.29 is 18.7 Å². The molecule has 2 rings (SSSR count). The minimum Gasteiger partial charge on any atom is -0.393 e. The summed E-state index contributed by atoms with van der Waals surface area (Å²) in [7, 11) is 1.66. The number of hydrogen-bond acceptors (Lipinski definition) is 2. The molecular formula is C13H18F2N2O2. The average Bonchev–Trinajstić information content (AvgIpc) is 2.73. The molecule has 0 aliphatic heterocycles. The van der Waals surface area contributed by atoms with Gasteiger partial charge in [-0.15, -0.1) is 0 Å². The van der Waals surface area contributed by atoms with Crippen LogP contribution in [0.1, 0.15) is 23.3 Å². The van der Waals surface area contributed by atoms with Crippen molar-refractivity contribution in [2.24, 2.45) is 5.92 Å². The number of aliphatic hydroxyl groups excluding tert-OH is 1. The van der Waals surface area contributed by atoms with Gasteiger partial charge in [0.1, 0.15) is 5.69 Å². The van der Waals surface area contributed by atoms with Gasteiger partial charge in [0.25, 0.3) is 12.3 Å². The van der Waals surface area contributed by atoms with Gasteiger partial charge in [0.15, 0.2) is 0 Å². The quantitative estimate of drug-likeness (QED) is 0.885. The number of alkyl halides is 2. The van der Waals surface area contributed by atoms with Crippen molar-refractivity contribution in [1.82, 2.24) is 9.47 Å². The fourth-order valence-corrected chi connectivity index (χ4v) is 2.43. The van der Waals surface area contributed by atoms with E-state index in [0.29, 0.717) is 25.3 Å². The van der Waals surface area contributed by atoms with Crippen LogP contribution in [0.4, 0.5) is 8.78 Å². The van der Waals surface area contributed by atoms with Gasteiger partial charge in [-0.3, -0.25) is 4.79 Å². The van der Waals surface area contributed by atoms with Crippen LogP contribution in [0.5, 0.6) is 0 Å². The fourth-order valence-electron chi connectivity index (χ4n) is 2.43. The second kappa shape index (κ2) is 5.69. The Morgan fingerprint density at radius 3 is 2.84 bits per heavy atom. The van der Waals surface area contributed by atoms with Crippen molar-refractivity contribution in [2.45, 2.75) is 31.9 Å². The lowest BCUT2D eigenvalue weighted by atomic mass is 9.82. The summed E-state index contributed by atoms with van der Waals surface area (Å²) in [6, 6.07) is 3.15. The van der Waals surface area contributed by atoms with E-state index in [1.807, 2.05) is 0 Å². The predicted molar refractivity (Wildman–Crippen MR) is 66.1 cm³/mol. The summed E-state index contributed by atoms with van der Waals surface area (Å²) in [6.45, 7) is 0.0831. The van der Waals surface area contributed by atoms with Gasteiger partial charge in [-0.2, -0.15) is 0 Å². The molecule has 4 nitrogen and oxygen atoms in total. The van der Waals surface area contributed by atoms with Crippen LogP contribution in [0.25, 0.3) is 0 Å². The molecule has 19 heavy (non-hydrogen) atoms. The van der Waals surface area contributed by atoms with Crippen molar-refractivity contribution in [3.8, 4) is 0 Å². The second-order valence-corrected chi connectivity index (χ2v) is 5.11. The Hall–Kier alpha value is -1.43. The van der Waals surface area contributed by atoms with E-state index in [9.17, 15) is 18.7 Å². The van der Waals surface area contributed by atoms with E-state index >= 15 is 0 Å². The summed E-state index contributed by atoms with van der Waals surface area (Å²) in [6.07, 6.45) is 0.160. The Labute approximate surface area is 110 Å². The summed E-state index contributed by atoms with van der Waals surface area (Å²) < 4.78 is 26.0. The SMILES string of the molecule is CN(CC1CC(O)C1)C(=O)c1cccn1CC(F)F. The first-order valence-corrected chi connectivity index (χ1v) is 6.34. The lowest BCUT2D eigenvalue weighted by molar-refractivity contribution is 0.0261. The molecule has 0 spiro atoms. The first kappa shape index (κ1) is 14.0. The Kier molecular flexibility index (Phi) is 4.19. The molecule has 1 aromatic heterocycles. The minimum absolute atomic E-state index is 0.254. The molecule has 1 aliphatic rings. The molecular weight excluding hydrogens is 254 g/mol. The smallest absolute Gasteiger partial charge is 0.270 e. The summed E-state index contributed by atoms with van der Waals surface area (Å²) in [5, 5.41) is 9.21. The molecule has 1 amide bonds. The summed E-state index contributed by atoms with van der Waals surface area (Å²) >= 11 is 0. The van der Waals surface area contributed by atoms with E-state index in [2.05, 4.69) is 0 Å². The van der Waals surface area contributed by atoms with E-state index in [0.717, 1.165) is 0 Å². The Bertz CT molecular complexity index is 442. The molecule has 0 saturated heterocycles. The standard InChI is InChI=1S/C13H18F2N2O2/c1-16(7-9-5-10(18)6-9)13(19)11-3-2-4-17(11)8-12(14)15/h2-4,9-10,12,18H,5-8H2,1H3. The van der Waals surface area contributed by atoms with Crippen LogP contribution in [0, 0.1) is 5.92 Å². The zero-order valence-electron chi connectivity index (χ0n) is 10.8. The van der Waals surface area contributed by atoms with Crippen LogP contribution in [-0.2, 0) is 6.54 Å². The van der Waals surface area contributed by atoms with Gasteiger partial charge < -0.3 is 14.6 Å². The number of carbonyl (C=O) groups excluding carboxylic acids is 1. The molecule has 0 unspecified atom stereocenters. The van der Waals surface area contributed by atoms with E-state index < -0.39 is 13.0 Å². The highest BCUT2D eigenvalue weighted by molar-refractivity contribution is 5.92. The number of aliphatic hydroxyl groups is 1. The van der Waals surface area contributed by atoms with Crippen LogP contribution in [0.2, 0.25) is 0 Å². The third-order valence-electron chi connectivity index (χ3n) is 3.47. The zero-order valence-corrected chi connectivity index (χ0v) is 10.8. The number of nitrogens with zero attached hydrogens (tertiary/aromatic N) is 2. The number of halogens is 2. The normalized spacial score (nSPS) is 22.4. The van der Waals surface area contributed by atoms with E-state index in [1.165, 1.54) is 15.7 Å². The highest BCUT2D eigenvalue weighted by atomic mass is 19.3. The van der Waals surface area contributed by atoms with Crippen LogP contribution < -0.4 is 0 Å². The summed E-state index contributed by atoms with van der Waals surface area (Å²) in [4.78, 5) is 13.7. The largest absolute Gasteiger partial charge is 0.393 e. The molecule has 106 valence electrons. The monoisotopic (exact) mass is 272 g/mol. The molecule has 6 heteroatoms. The number of amides is 1. The molecule has 1 saturated carbocycles. The molecule has 0 atom stereocenters. The second-order valence-electron chi connectivity index (χ2n) is 5.11. The first-order valence-electron chi connectivity index (χ1n) is 6.34. The maximum atomic E-state index is 12.4. The van der Waals surface area contributed by atoms with E-state index in [1.54, 1.807) is 19.2 Å². The molecule has 1 aromatic rings. The molecule has 1 N–H and O–H groups in total. The fraction of sp³-hybridized carbons (Fsp3) is 0.615. The van der Waals surface area contributed by atoms with Crippen molar-refractivity contribution in [1.29, 1.82) is 0 Å². The van der Waals surface area contributed by atoms with Crippen molar-refractivity contribution in [3.05, 3.63) is 24.0 Å². The molecule has 0 bridgehead atoms. The molecule has 1 fully saturated rings. The van der Waals surface area contributed by atoms with E-state index in [4.69, 9.17) is 0 Å². The Balaban J connectivity index is 1.96. The van der Waals surface area contributed by atoms with Gasteiger partial charge in [0.2, 0.25) is 0 Å². The predicted octanol–water partition coefficient (Wildman–Crippen LogP) is 1.60. The van der Waals surface area contributed by atoms with Crippen LogP contribution in [0.3, 0.4) is 0 Å². The molecule has 0 aromatic carbocycles. The van der Waals surface area contributed by atoms with Gasteiger partial charge in [-0.1, -0.05) is 0 Å². The lowest BCUT2D eigenvalue weighted by Gasteiger charge is -2.34. The summed E-state index contributed by atoms with van der Waals surface area (Å²) in [5.74, 6) is 0.0505. The summed E-state index contributed by atoms with van der Waals surface area (Å²) in [5.41, 5.74) is 0.280. The highest BCUT2D eigenvalue weighted by Crippen LogP contribution is 2.27. The third kappa shape index (κ3) is 3.32. The Morgan fingerprint density at radius 2 is 2.26 bits per heavy atom. The number of aromatic nitrogens is 1. The average molecular weight is 272 g/mol. The number of hydrogen-bond donors (Lipinski definition) is 1. The molecule has 1 aliphatic carbocycles. The van der Waals surface area contributed by atoms with E-state index in [-0.39, 0.29) is 17.7 Å². The Morgan fingerprint density at radius 1 is 1.58 bits per heavy atom. The molecule has 0 radical (unpaired) electrons. The van der Waals surface area contributed by atoms with Crippen LogP contribution in [-0.4, -0.2) is 46.6 Å². The number of rotatable bonds is 5. The van der Waals surface area contributed by atoms with Gasteiger partial charge >= 0.3 is 0 Å². The van der Waals surface area contributed by atoms with Gasteiger partial charge in [0.05, 0.1) is 12.6 Å². The van der Waals surface area contributed by atoms with Crippen LogP contribution >= 0.6 is 0 Å². The highest BCUT2D eigenvalue weighted by Gasteiger charge is 2.29.